The molecule has 0 atom stereocenters. The third kappa shape index (κ3) is 5.64. The van der Waals surface area contributed by atoms with Gasteiger partial charge in [0.2, 0.25) is 5.91 Å². The van der Waals surface area contributed by atoms with Crippen LogP contribution in [0.5, 0.6) is 0 Å². The van der Waals surface area contributed by atoms with Gasteiger partial charge in [-0.3, -0.25) is 14.9 Å². The number of rotatable bonds is 6. The molecule has 0 aliphatic carbocycles. The summed E-state index contributed by atoms with van der Waals surface area (Å²) in [5.41, 5.74) is 4.97. The lowest BCUT2D eigenvalue weighted by Gasteiger charge is -2.11. The number of hydrogen-bond acceptors (Lipinski definition) is 4. The predicted octanol–water partition coefficient (Wildman–Crippen LogP) is 5.63. The summed E-state index contributed by atoms with van der Waals surface area (Å²) in [5, 5.41) is 15.1. The molecule has 0 saturated heterocycles. The summed E-state index contributed by atoms with van der Waals surface area (Å²) in [5.74, 6) is -0.693. The first-order valence-electron chi connectivity index (χ1n) is 10.0. The lowest BCUT2D eigenvalue weighted by Crippen LogP contribution is -2.20. The van der Waals surface area contributed by atoms with Crippen LogP contribution < -0.4 is 5.43 Å². The molecule has 0 spiro atoms. The third-order valence-corrected chi connectivity index (χ3v) is 6.43. The van der Waals surface area contributed by atoms with Gasteiger partial charge in [-0.05, 0) is 79.3 Å². The minimum absolute atomic E-state index is 0.141. The summed E-state index contributed by atoms with van der Waals surface area (Å²) in [6.45, 7) is 5.88. The largest absolute Gasteiger partial charge is 0.416 e. The molecule has 0 aliphatic heterocycles. The summed E-state index contributed by atoms with van der Waals surface area (Å²) in [6, 6.07) is 10.1. The molecule has 7 nitrogen and oxygen atoms in total. The second-order valence-corrected chi connectivity index (χ2v) is 8.83. The van der Waals surface area contributed by atoms with Gasteiger partial charge in [-0.15, -0.1) is 0 Å². The number of nitrogens with zero attached hydrogens (tertiary/aromatic N) is 3. The Morgan fingerprint density at radius 3 is 2.50 bits per heavy atom. The third-order valence-electron chi connectivity index (χ3n) is 5.22. The van der Waals surface area contributed by atoms with Crippen LogP contribution in [0.25, 0.3) is 5.69 Å². The number of alkyl halides is 3. The Labute approximate surface area is 207 Å². The number of nitrogens with one attached hydrogen (secondary N) is 1. The molecule has 1 amide bonds. The molecule has 3 rings (SSSR count). The quantitative estimate of drug-likeness (QED) is 0.176. The molecule has 2 aromatic carbocycles. The van der Waals surface area contributed by atoms with Crippen LogP contribution in [-0.2, 0) is 17.4 Å². The van der Waals surface area contributed by atoms with Crippen LogP contribution in [0.15, 0.2) is 47.6 Å². The highest BCUT2D eigenvalue weighted by Crippen LogP contribution is 2.33. The van der Waals surface area contributed by atoms with Crippen molar-refractivity contribution in [2.75, 3.05) is 0 Å². The fourth-order valence-electron chi connectivity index (χ4n) is 3.53. The van der Waals surface area contributed by atoms with E-state index >= 15 is 0 Å². The molecule has 34 heavy (non-hydrogen) atoms. The summed E-state index contributed by atoms with van der Waals surface area (Å²) in [7, 11) is 0. The zero-order chi connectivity index (χ0) is 25.2. The Balaban J connectivity index is 1.75. The first-order chi connectivity index (χ1) is 15.9. The van der Waals surface area contributed by atoms with Gasteiger partial charge in [0.1, 0.15) is 0 Å². The molecular weight excluding hydrogens is 564 g/mol. The van der Waals surface area contributed by atoms with Crippen LogP contribution in [0.1, 0.15) is 33.6 Å². The zero-order valence-corrected chi connectivity index (χ0v) is 20.6. The average Bonchev–Trinajstić information content (AvgIpc) is 3.02. The Bertz CT molecular complexity index is 1300. The molecule has 0 aliphatic rings. The Hall–Kier alpha value is -3.22. The maximum Gasteiger partial charge on any atom is 0.416 e. The molecule has 1 aromatic heterocycles. The monoisotopic (exact) mass is 584 g/mol. The van der Waals surface area contributed by atoms with Gasteiger partial charge in [-0.25, -0.2) is 5.43 Å². The fraction of sp³-hybridized carbons (Fsp3) is 0.217. The van der Waals surface area contributed by atoms with Crippen LogP contribution >= 0.6 is 22.6 Å². The van der Waals surface area contributed by atoms with Crippen molar-refractivity contribution in [3.63, 3.8) is 0 Å². The second kappa shape index (κ2) is 9.95. The number of aromatic nitrogens is 1. The molecule has 1 N–H and O–H groups in total. The molecule has 0 bridgehead atoms. The highest BCUT2D eigenvalue weighted by molar-refractivity contribution is 14.1. The summed E-state index contributed by atoms with van der Waals surface area (Å²) >= 11 is 2.27. The topological polar surface area (TPSA) is 89.5 Å². The maximum absolute atomic E-state index is 12.8. The van der Waals surface area contributed by atoms with E-state index in [4.69, 9.17) is 0 Å². The van der Waals surface area contributed by atoms with E-state index in [0.717, 1.165) is 37.8 Å². The van der Waals surface area contributed by atoms with Crippen molar-refractivity contribution in [3.8, 4) is 5.69 Å². The fourth-order valence-corrected chi connectivity index (χ4v) is 3.87. The predicted molar refractivity (Wildman–Crippen MR) is 130 cm³/mol. The van der Waals surface area contributed by atoms with E-state index in [1.54, 1.807) is 0 Å². The minimum atomic E-state index is -4.72. The van der Waals surface area contributed by atoms with Gasteiger partial charge in [0.25, 0.3) is 5.69 Å². The molecule has 178 valence electrons. The van der Waals surface area contributed by atoms with Crippen molar-refractivity contribution in [3.05, 3.63) is 89.8 Å². The van der Waals surface area contributed by atoms with E-state index in [0.29, 0.717) is 12.1 Å². The average molecular weight is 584 g/mol. The SMILES string of the molecule is Cc1cc(-n2c(C)cc(C=NNC(=O)Cc3ccc(C(F)(F)F)cc3[N+](=O)[O-])c2C)ccc1I. The summed E-state index contributed by atoms with van der Waals surface area (Å²) in [4.78, 5) is 22.5. The van der Waals surface area contributed by atoms with Gasteiger partial charge in [0.05, 0.1) is 23.1 Å². The molecule has 0 radical (unpaired) electrons. The van der Waals surface area contributed by atoms with Crippen molar-refractivity contribution in [1.29, 1.82) is 0 Å². The van der Waals surface area contributed by atoms with Gasteiger partial charge in [0.15, 0.2) is 0 Å². The van der Waals surface area contributed by atoms with Crippen molar-refractivity contribution in [2.45, 2.75) is 33.4 Å². The van der Waals surface area contributed by atoms with E-state index < -0.39 is 34.7 Å². The summed E-state index contributed by atoms with van der Waals surface area (Å²) in [6.07, 6.45) is -3.76. The van der Waals surface area contributed by atoms with Gasteiger partial charge in [-0.2, -0.15) is 18.3 Å². The first kappa shape index (κ1) is 25.4. The van der Waals surface area contributed by atoms with E-state index in [9.17, 15) is 28.1 Å². The lowest BCUT2D eigenvalue weighted by molar-refractivity contribution is -0.385. The Morgan fingerprint density at radius 2 is 1.88 bits per heavy atom. The van der Waals surface area contributed by atoms with Crippen molar-refractivity contribution in [1.82, 2.24) is 9.99 Å². The number of halogens is 4. The smallest absolute Gasteiger partial charge is 0.318 e. The van der Waals surface area contributed by atoms with Crippen LogP contribution in [0, 0.1) is 34.5 Å². The van der Waals surface area contributed by atoms with E-state index in [1.807, 2.05) is 39.0 Å². The number of carbonyl (C=O) groups excluding carboxylic acids is 1. The number of hydrogen-bond donors (Lipinski definition) is 1. The molecule has 3 aromatic rings. The number of carbonyl (C=O) groups is 1. The van der Waals surface area contributed by atoms with E-state index in [1.165, 1.54) is 6.21 Å². The maximum atomic E-state index is 12.8. The normalized spacial score (nSPS) is 11.7. The first-order valence-corrected chi connectivity index (χ1v) is 11.1. The molecule has 1 heterocycles. The number of aryl methyl sites for hydroxylation is 2. The number of benzene rings is 2. The zero-order valence-electron chi connectivity index (χ0n) is 18.4. The number of nitro benzene ring substituents is 1. The van der Waals surface area contributed by atoms with Crippen molar-refractivity contribution < 1.29 is 22.9 Å². The molecular formula is C23H20F3IN4O3. The Kier molecular flexibility index (Phi) is 7.44. The van der Waals surface area contributed by atoms with Crippen LogP contribution in [0.3, 0.4) is 0 Å². The lowest BCUT2D eigenvalue weighted by atomic mass is 10.1. The number of hydrazone groups is 1. The molecule has 11 heteroatoms. The van der Waals surface area contributed by atoms with E-state index in [2.05, 4.69) is 43.8 Å². The number of nitro groups is 1. The molecule has 0 saturated carbocycles. The Morgan fingerprint density at radius 1 is 1.18 bits per heavy atom. The summed E-state index contributed by atoms with van der Waals surface area (Å²) < 4.78 is 41.7. The van der Waals surface area contributed by atoms with Gasteiger partial charge >= 0.3 is 6.18 Å². The van der Waals surface area contributed by atoms with Gasteiger partial charge < -0.3 is 4.57 Å². The van der Waals surface area contributed by atoms with Crippen molar-refractivity contribution >= 4 is 40.4 Å². The van der Waals surface area contributed by atoms with Crippen LogP contribution in [0.4, 0.5) is 18.9 Å². The van der Waals surface area contributed by atoms with Crippen molar-refractivity contribution in [2.24, 2.45) is 5.10 Å². The van der Waals surface area contributed by atoms with Crippen LogP contribution in [0.2, 0.25) is 0 Å². The van der Waals surface area contributed by atoms with Gasteiger partial charge in [-0.1, -0.05) is 6.07 Å². The van der Waals surface area contributed by atoms with E-state index in [-0.39, 0.29) is 5.56 Å². The van der Waals surface area contributed by atoms with Gasteiger partial charge in [0, 0.05) is 37.8 Å². The molecule has 0 fully saturated rings. The second-order valence-electron chi connectivity index (χ2n) is 7.66. The minimum Gasteiger partial charge on any atom is -0.318 e. The molecule has 0 unspecified atom stereocenters. The standard InChI is InChI=1S/C23H20F3IN4O3/c1-13-8-19(6-7-20(13)27)30-14(2)9-17(15(30)3)12-28-29-22(32)10-16-4-5-18(23(24,25)26)11-21(16)31(33)34/h4-9,11-12H,10H2,1-3H3,(H,29,32). The van der Waals surface area contributed by atoms with Crippen LogP contribution in [-0.4, -0.2) is 21.6 Å². The highest BCUT2D eigenvalue weighted by Gasteiger charge is 2.33. The number of amides is 1. The highest BCUT2D eigenvalue weighted by atomic mass is 127.